The van der Waals surface area contributed by atoms with Crippen molar-refractivity contribution < 1.29 is 17.5 Å². The lowest BCUT2D eigenvalue weighted by molar-refractivity contribution is -0.111. The first kappa shape index (κ1) is 15.5. The largest absolute Gasteiger partial charge is 0.325 e. The standard InChI is InChI=1S/C14H13NO4S2/c1-10(16)14(11-6-4-3-5-7-11)12-8-9-13(20-12)15-19-21(2,17)18/h3-9H,1-2H3/b14-12-,15-13+. The van der Waals surface area contributed by atoms with Gasteiger partial charge in [-0.25, -0.2) is 0 Å². The van der Waals surface area contributed by atoms with E-state index < -0.39 is 10.1 Å². The summed E-state index contributed by atoms with van der Waals surface area (Å²) in [6, 6.07) is 9.27. The van der Waals surface area contributed by atoms with Crippen LogP contribution in [0.25, 0.3) is 5.57 Å². The number of rotatable bonds is 4. The topological polar surface area (TPSA) is 72.8 Å². The monoisotopic (exact) mass is 323 g/mol. The molecule has 2 rings (SSSR count). The van der Waals surface area contributed by atoms with Gasteiger partial charge in [0.05, 0.1) is 6.26 Å². The molecule has 1 aromatic rings. The number of benzene rings is 1. The van der Waals surface area contributed by atoms with E-state index in [0.717, 1.165) is 11.8 Å². The molecule has 1 aliphatic rings. The van der Waals surface area contributed by atoms with Crippen LogP contribution in [-0.2, 0) is 19.2 Å². The van der Waals surface area contributed by atoms with Crippen LogP contribution in [0.4, 0.5) is 0 Å². The lowest BCUT2D eigenvalue weighted by atomic mass is 10.0. The maximum Gasteiger partial charge on any atom is 0.325 e. The number of hydrogen-bond acceptors (Lipinski definition) is 6. The average molecular weight is 323 g/mol. The molecule has 0 aromatic heterocycles. The van der Waals surface area contributed by atoms with Crippen molar-refractivity contribution in [2.45, 2.75) is 6.92 Å². The Morgan fingerprint density at radius 1 is 1.19 bits per heavy atom. The van der Waals surface area contributed by atoms with E-state index in [1.54, 1.807) is 12.2 Å². The van der Waals surface area contributed by atoms with Gasteiger partial charge in [-0.2, -0.15) is 8.42 Å². The van der Waals surface area contributed by atoms with Crippen molar-refractivity contribution in [2.75, 3.05) is 6.26 Å². The third-order valence-corrected chi connectivity index (χ3v) is 3.84. The van der Waals surface area contributed by atoms with Gasteiger partial charge in [-0.15, -0.1) is 0 Å². The molecule has 0 N–H and O–H groups in total. The molecule has 0 unspecified atom stereocenters. The first-order chi connectivity index (χ1) is 9.87. The van der Waals surface area contributed by atoms with E-state index in [0.29, 0.717) is 15.5 Å². The van der Waals surface area contributed by atoms with E-state index in [-0.39, 0.29) is 5.78 Å². The zero-order valence-corrected chi connectivity index (χ0v) is 13.1. The summed E-state index contributed by atoms with van der Waals surface area (Å²) in [7, 11) is -3.64. The van der Waals surface area contributed by atoms with E-state index in [4.69, 9.17) is 0 Å². The van der Waals surface area contributed by atoms with Crippen LogP contribution in [0.3, 0.4) is 0 Å². The summed E-state index contributed by atoms with van der Waals surface area (Å²) in [5.74, 6) is -0.0707. The van der Waals surface area contributed by atoms with Crippen LogP contribution < -0.4 is 0 Å². The minimum absolute atomic E-state index is 0.0707. The minimum Gasteiger partial charge on any atom is -0.294 e. The second-order valence-electron chi connectivity index (χ2n) is 4.31. The lowest BCUT2D eigenvalue weighted by Crippen LogP contribution is -1.99. The van der Waals surface area contributed by atoms with E-state index in [9.17, 15) is 13.2 Å². The molecule has 0 radical (unpaired) electrons. The number of Topliss-reactive ketones (excluding diaryl/α,β-unsaturated/α-hetero) is 1. The Labute approximate surface area is 127 Å². The van der Waals surface area contributed by atoms with Crippen molar-refractivity contribution in [3.05, 3.63) is 53.0 Å². The highest BCUT2D eigenvalue weighted by Gasteiger charge is 2.19. The fourth-order valence-corrected chi connectivity index (χ4v) is 2.94. The number of carbonyl (C=O) groups is 1. The molecule has 0 atom stereocenters. The summed E-state index contributed by atoms with van der Waals surface area (Å²) in [4.78, 5) is 12.6. The molecule has 0 bridgehead atoms. The molecule has 0 amide bonds. The van der Waals surface area contributed by atoms with Crippen molar-refractivity contribution in [1.82, 2.24) is 0 Å². The summed E-state index contributed by atoms with van der Waals surface area (Å²) >= 11 is 1.19. The van der Waals surface area contributed by atoms with Gasteiger partial charge in [0.2, 0.25) is 0 Å². The number of ketones is 1. The molecule has 0 aliphatic carbocycles. The molecule has 0 saturated carbocycles. The predicted octanol–water partition coefficient (Wildman–Crippen LogP) is 2.58. The van der Waals surface area contributed by atoms with Gasteiger partial charge in [0.1, 0.15) is 5.04 Å². The summed E-state index contributed by atoms with van der Waals surface area (Å²) in [5, 5.41) is 3.92. The second kappa shape index (κ2) is 6.28. The zero-order chi connectivity index (χ0) is 15.5. The number of allylic oxidation sites excluding steroid dienone is 2. The Hall–Kier alpha value is -1.86. The van der Waals surface area contributed by atoms with Crippen LogP contribution >= 0.6 is 11.8 Å². The first-order valence-electron chi connectivity index (χ1n) is 6.00. The SMILES string of the molecule is CC(=O)/C(=C1C=C/C(=N\OS(C)(=O)=O)S\1)c1ccccc1. The zero-order valence-electron chi connectivity index (χ0n) is 11.4. The van der Waals surface area contributed by atoms with Gasteiger partial charge in [0, 0.05) is 10.5 Å². The summed E-state index contributed by atoms with van der Waals surface area (Å²) in [6.45, 7) is 1.49. The van der Waals surface area contributed by atoms with E-state index >= 15 is 0 Å². The van der Waals surface area contributed by atoms with Gasteiger partial charge < -0.3 is 0 Å². The molecule has 5 nitrogen and oxygen atoms in total. The molecule has 0 saturated heterocycles. The summed E-state index contributed by atoms with van der Waals surface area (Å²) in [6.07, 6.45) is 4.25. The second-order valence-corrected chi connectivity index (χ2v) is 6.92. The molecule has 1 aliphatic heterocycles. The van der Waals surface area contributed by atoms with Crippen LogP contribution in [0.1, 0.15) is 12.5 Å². The Kier molecular flexibility index (Phi) is 4.64. The molecule has 7 heteroatoms. The Bertz CT molecular complexity index is 746. The smallest absolute Gasteiger partial charge is 0.294 e. The number of oxime groups is 1. The minimum atomic E-state index is -3.64. The third kappa shape index (κ3) is 4.30. The van der Waals surface area contributed by atoms with Crippen molar-refractivity contribution in [3.8, 4) is 0 Å². The van der Waals surface area contributed by atoms with Gasteiger partial charge in [-0.05, 0) is 24.6 Å². The third-order valence-electron chi connectivity index (χ3n) is 2.52. The Morgan fingerprint density at radius 2 is 1.86 bits per heavy atom. The van der Waals surface area contributed by atoms with Gasteiger partial charge >= 0.3 is 10.1 Å². The quantitative estimate of drug-likeness (QED) is 0.629. The highest BCUT2D eigenvalue weighted by atomic mass is 32.2. The average Bonchev–Trinajstić information content (AvgIpc) is 2.85. The van der Waals surface area contributed by atoms with Crippen molar-refractivity contribution in [1.29, 1.82) is 0 Å². The van der Waals surface area contributed by atoms with Crippen LogP contribution in [-0.4, -0.2) is 25.5 Å². The number of nitrogens with zero attached hydrogens (tertiary/aromatic N) is 1. The van der Waals surface area contributed by atoms with Crippen molar-refractivity contribution in [3.63, 3.8) is 0 Å². The van der Waals surface area contributed by atoms with Gasteiger partial charge in [0.25, 0.3) is 0 Å². The van der Waals surface area contributed by atoms with Gasteiger partial charge in [-0.1, -0.05) is 47.2 Å². The van der Waals surface area contributed by atoms with Crippen molar-refractivity contribution >= 4 is 38.3 Å². The molecule has 1 aromatic carbocycles. The predicted molar refractivity (Wildman–Crippen MR) is 84.1 cm³/mol. The van der Waals surface area contributed by atoms with Crippen LogP contribution in [0.15, 0.2) is 52.5 Å². The van der Waals surface area contributed by atoms with Crippen LogP contribution in [0, 0.1) is 0 Å². The van der Waals surface area contributed by atoms with Crippen LogP contribution in [0.5, 0.6) is 0 Å². The summed E-state index contributed by atoms with van der Waals surface area (Å²) in [5.41, 5.74) is 1.38. The van der Waals surface area contributed by atoms with E-state index in [1.165, 1.54) is 18.7 Å². The highest BCUT2D eigenvalue weighted by Crippen LogP contribution is 2.34. The molecular weight excluding hydrogens is 310 g/mol. The van der Waals surface area contributed by atoms with E-state index in [1.807, 2.05) is 30.3 Å². The normalized spacial score (nSPS) is 18.9. The molecular formula is C14H13NO4S2. The fourth-order valence-electron chi connectivity index (χ4n) is 1.74. The maximum atomic E-state index is 11.9. The van der Waals surface area contributed by atoms with Crippen molar-refractivity contribution in [2.24, 2.45) is 5.16 Å². The number of thioether (sulfide) groups is 1. The highest BCUT2D eigenvalue weighted by molar-refractivity contribution is 8.18. The molecule has 21 heavy (non-hydrogen) atoms. The molecule has 110 valence electrons. The molecule has 0 fully saturated rings. The summed E-state index contributed by atoms with van der Waals surface area (Å²) < 4.78 is 26.2. The van der Waals surface area contributed by atoms with Gasteiger partial charge in [-0.3, -0.25) is 9.08 Å². The first-order valence-corrected chi connectivity index (χ1v) is 8.63. The Balaban J connectivity index is 2.32. The van der Waals surface area contributed by atoms with Gasteiger partial charge in [0.15, 0.2) is 5.78 Å². The van der Waals surface area contributed by atoms with Crippen LogP contribution in [0.2, 0.25) is 0 Å². The maximum absolute atomic E-state index is 11.9. The molecule has 0 spiro atoms. The number of carbonyl (C=O) groups excluding carboxylic acids is 1. The number of hydrogen-bond donors (Lipinski definition) is 0. The Morgan fingerprint density at radius 3 is 2.43 bits per heavy atom. The molecule has 1 heterocycles. The fraction of sp³-hybridized carbons (Fsp3) is 0.143. The lowest BCUT2D eigenvalue weighted by Gasteiger charge is -2.06. The van der Waals surface area contributed by atoms with E-state index in [2.05, 4.69) is 9.44 Å².